The third kappa shape index (κ3) is 4.23. The molecule has 0 unspecified atom stereocenters. The molecule has 0 saturated carbocycles. The van der Waals surface area contributed by atoms with E-state index in [-0.39, 0.29) is 0 Å². The number of rotatable bonds is 7. The van der Waals surface area contributed by atoms with Gasteiger partial charge in [0.2, 0.25) is 0 Å². The van der Waals surface area contributed by atoms with Gasteiger partial charge in [-0.2, -0.15) is 0 Å². The van der Waals surface area contributed by atoms with E-state index in [4.69, 9.17) is 11.6 Å². The quantitative estimate of drug-likeness (QED) is 0.699. The molecule has 2 nitrogen and oxygen atoms in total. The second kappa shape index (κ2) is 7.34. The number of hydrogen-bond acceptors (Lipinski definition) is 3. The van der Waals surface area contributed by atoms with E-state index in [1.807, 2.05) is 11.3 Å². The van der Waals surface area contributed by atoms with Gasteiger partial charge in [0.1, 0.15) is 5.01 Å². The van der Waals surface area contributed by atoms with E-state index >= 15 is 0 Å². The summed E-state index contributed by atoms with van der Waals surface area (Å²) in [4.78, 5) is 8.41. The van der Waals surface area contributed by atoms with Crippen molar-refractivity contribution in [2.75, 3.05) is 12.4 Å². The van der Waals surface area contributed by atoms with Crippen LogP contribution in [0.4, 0.5) is 0 Å². The van der Waals surface area contributed by atoms with E-state index in [9.17, 15) is 0 Å². The zero-order valence-corrected chi connectivity index (χ0v) is 12.9. The Bertz CT molecular complexity index is 315. The minimum Gasteiger partial charge on any atom is -0.293 e. The van der Waals surface area contributed by atoms with Crippen molar-refractivity contribution < 1.29 is 0 Å². The molecule has 0 aliphatic rings. The van der Waals surface area contributed by atoms with Gasteiger partial charge in [-0.15, -0.1) is 22.9 Å². The summed E-state index contributed by atoms with van der Waals surface area (Å²) in [5, 5.41) is 1.22. The lowest BCUT2D eigenvalue weighted by atomic mass is 10.1. The molecule has 0 amide bonds. The van der Waals surface area contributed by atoms with E-state index < -0.39 is 0 Å². The number of aromatic nitrogens is 1. The Balaban J connectivity index is 2.71. The summed E-state index contributed by atoms with van der Waals surface area (Å²) in [6.45, 7) is 10.6. The topological polar surface area (TPSA) is 16.1 Å². The van der Waals surface area contributed by atoms with Crippen LogP contribution in [-0.4, -0.2) is 28.4 Å². The molecule has 0 radical (unpaired) electrons. The van der Waals surface area contributed by atoms with Gasteiger partial charge in [-0.25, -0.2) is 4.98 Å². The third-order valence-electron chi connectivity index (χ3n) is 3.24. The molecular formula is C13H23ClN2S. The second-order valence-corrected chi connectivity index (χ2v) is 6.04. The number of hydrogen-bond donors (Lipinski definition) is 0. The molecule has 17 heavy (non-hydrogen) atoms. The Kier molecular flexibility index (Phi) is 6.45. The highest BCUT2D eigenvalue weighted by molar-refractivity contribution is 7.11. The lowest BCUT2D eigenvalue weighted by molar-refractivity contribution is 0.188. The van der Waals surface area contributed by atoms with Gasteiger partial charge in [-0.3, -0.25) is 4.90 Å². The Labute approximate surface area is 114 Å². The zero-order chi connectivity index (χ0) is 12.8. The average Bonchev–Trinajstić information content (AvgIpc) is 2.60. The molecule has 1 rings (SSSR count). The molecular weight excluding hydrogens is 252 g/mol. The molecule has 0 saturated heterocycles. The summed E-state index contributed by atoms with van der Waals surface area (Å²) >= 11 is 7.71. The van der Waals surface area contributed by atoms with E-state index in [1.54, 1.807) is 0 Å². The predicted octanol–water partition coefficient (Wildman–Crippen LogP) is 3.99. The maximum absolute atomic E-state index is 5.90. The molecule has 1 heterocycles. The summed E-state index contributed by atoms with van der Waals surface area (Å²) in [6.07, 6.45) is 2.35. The van der Waals surface area contributed by atoms with Crippen LogP contribution in [-0.2, 0) is 6.54 Å². The monoisotopic (exact) mass is 274 g/mol. The van der Waals surface area contributed by atoms with Crippen LogP contribution in [0, 0.1) is 13.8 Å². The van der Waals surface area contributed by atoms with Crippen molar-refractivity contribution in [1.29, 1.82) is 0 Å². The summed E-state index contributed by atoms with van der Waals surface area (Å²) in [5.41, 5.74) is 1.17. The van der Waals surface area contributed by atoms with Gasteiger partial charge in [0.05, 0.1) is 12.2 Å². The van der Waals surface area contributed by atoms with Crippen molar-refractivity contribution in [3.63, 3.8) is 0 Å². The Hall–Kier alpha value is -0.120. The Morgan fingerprint density at radius 3 is 2.35 bits per heavy atom. The lowest BCUT2D eigenvalue weighted by Crippen LogP contribution is -2.35. The van der Waals surface area contributed by atoms with Crippen molar-refractivity contribution in [2.45, 2.75) is 53.1 Å². The lowest BCUT2D eigenvalue weighted by Gasteiger charge is -2.28. The minimum atomic E-state index is 0.623. The van der Waals surface area contributed by atoms with Gasteiger partial charge in [-0.05, 0) is 26.7 Å². The fourth-order valence-corrected chi connectivity index (χ4v) is 3.26. The van der Waals surface area contributed by atoms with Crippen molar-refractivity contribution in [2.24, 2.45) is 0 Å². The Morgan fingerprint density at radius 2 is 1.94 bits per heavy atom. The second-order valence-electron chi connectivity index (χ2n) is 4.38. The zero-order valence-electron chi connectivity index (χ0n) is 11.3. The number of alkyl halides is 1. The van der Waals surface area contributed by atoms with Crippen LogP contribution >= 0.6 is 22.9 Å². The maximum Gasteiger partial charge on any atom is 0.107 e. The third-order valence-corrected chi connectivity index (χ3v) is 4.47. The smallest absolute Gasteiger partial charge is 0.107 e. The van der Waals surface area contributed by atoms with Crippen molar-refractivity contribution in [3.8, 4) is 0 Å². The van der Waals surface area contributed by atoms with Crippen molar-refractivity contribution in [1.82, 2.24) is 9.88 Å². The van der Waals surface area contributed by atoms with Crippen LogP contribution in [0.2, 0.25) is 0 Å². The van der Waals surface area contributed by atoms with E-state index in [0.29, 0.717) is 11.9 Å². The van der Waals surface area contributed by atoms with Crippen LogP contribution in [0.5, 0.6) is 0 Å². The van der Waals surface area contributed by atoms with E-state index in [0.717, 1.165) is 13.1 Å². The first kappa shape index (κ1) is 14.9. The van der Waals surface area contributed by atoms with E-state index in [1.165, 1.54) is 28.4 Å². The number of nitrogens with zero attached hydrogens (tertiary/aromatic N) is 2. The van der Waals surface area contributed by atoms with Gasteiger partial charge >= 0.3 is 0 Å². The molecule has 0 aromatic carbocycles. The molecule has 0 N–H and O–H groups in total. The summed E-state index contributed by atoms with van der Waals surface area (Å²) in [7, 11) is 0. The number of aryl methyl sites for hydroxylation is 2. The largest absolute Gasteiger partial charge is 0.293 e. The SMILES string of the molecule is CCC(CC)N(CCCl)Cc1nc(C)c(C)s1. The molecule has 0 bridgehead atoms. The van der Waals surface area contributed by atoms with Crippen LogP contribution in [0.1, 0.15) is 42.3 Å². The molecule has 0 aliphatic heterocycles. The van der Waals surface area contributed by atoms with Gasteiger partial charge in [0.15, 0.2) is 0 Å². The summed E-state index contributed by atoms with van der Waals surface area (Å²) < 4.78 is 0. The molecule has 0 aliphatic carbocycles. The molecule has 98 valence electrons. The van der Waals surface area contributed by atoms with Crippen LogP contribution in [0.15, 0.2) is 0 Å². The minimum absolute atomic E-state index is 0.623. The van der Waals surface area contributed by atoms with Gasteiger partial charge in [-0.1, -0.05) is 13.8 Å². The first-order valence-electron chi connectivity index (χ1n) is 6.35. The van der Waals surface area contributed by atoms with Crippen molar-refractivity contribution >= 4 is 22.9 Å². The highest BCUT2D eigenvalue weighted by Gasteiger charge is 2.16. The molecule has 4 heteroatoms. The highest BCUT2D eigenvalue weighted by atomic mass is 35.5. The van der Waals surface area contributed by atoms with Gasteiger partial charge < -0.3 is 0 Å². The normalized spacial score (nSPS) is 11.7. The van der Waals surface area contributed by atoms with Gasteiger partial charge in [0, 0.05) is 23.3 Å². The first-order chi connectivity index (χ1) is 8.12. The standard InChI is InChI=1S/C13H23ClN2S/c1-5-12(6-2)16(8-7-14)9-13-15-10(3)11(4)17-13/h12H,5-9H2,1-4H3. The maximum atomic E-state index is 5.90. The number of halogens is 1. The van der Waals surface area contributed by atoms with Crippen LogP contribution < -0.4 is 0 Å². The molecule has 1 aromatic heterocycles. The van der Waals surface area contributed by atoms with Gasteiger partial charge in [0.25, 0.3) is 0 Å². The fraction of sp³-hybridized carbons (Fsp3) is 0.769. The summed E-state index contributed by atoms with van der Waals surface area (Å²) in [6, 6.07) is 0.623. The predicted molar refractivity (Wildman–Crippen MR) is 77.1 cm³/mol. The molecule has 1 aromatic rings. The summed E-state index contributed by atoms with van der Waals surface area (Å²) in [5.74, 6) is 0.694. The Morgan fingerprint density at radius 1 is 1.29 bits per heavy atom. The average molecular weight is 275 g/mol. The van der Waals surface area contributed by atoms with Crippen molar-refractivity contribution in [3.05, 3.63) is 15.6 Å². The van der Waals surface area contributed by atoms with Crippen LogP contribution in [0.25, 0.3) is 0 Å². The first-order valence-corrected chi connectivity index (χ1v) is 7.70. The number of thiazole rings is 1. The van der Waals surface area contributed by atoms with Crippen LogP contribution in [0.3, 0.4) is 0 Å². The highest BCUT2D eigenvalue weighted by Crippen LogP contribution is 2.20. The molecule has 0 fully saturated rings. The van der Waals surface area contributed by atoms with E-state index in [2.05, 4.69) is 37.6 Å². The molecule has 0 atom stereocenters. The molecule has 0 spiro atoms. The fourth-order valence-electron chi connectivity index (χ4n) is 2.08.